The summed E-state index contributed by atoms with van der Waals surface area (Å²) in [5.41, 5.74) is 8.88. The first kappa shape index (κ1) is 10.5. The Hall–Kier alpha value is -1.68. The Morgan fingerprint density at radius 3 is 2.71 bits per heavy atom. The molecule has 0 saturated heterocycles. The summed E-state index contributed by atoms with van der Waals surface area (Å²) in [5, 5.41) is 3.52. The van der Waals surface area contributed by atoms with Crippen molar-refractivity contribution in [2.75, 3.05) is 5.32 Å². The first-order valence-corrected chi connectivity index (χ1v) is 6.04. The van der Waals surface area contributed by atoms with Crippen LogP contribution in [-0.2, 0) is 0 Å². The minimum absolute atomic E-state index is 0.354. The van der Waals surface area contributed by atoms with Gasteiger partial charge in [0.15, 0.2) is 0 Å². The zero-order valence-electron chi connectivity index (χ0n) is 9.63. The van der Waals surface area contributed by atoms with Crippen LogP contribution in [0.3, 0.4) is 0 Å². The van der Waals surface area contributed by atoms with E-state index in [0.29, 0.717) is 12.1 Å². The molecule has 1 saturated carbocycles. The van der Waals surface area contributed by atoms with Crippen molar-refractivity contribution in [1.82, 2.24) is 9.97 Å². The second-order valence-corrected chi connectivity index (χ2v) is 4.67. The van der Waals surface area contributed by atoms with Gasteiger partial charge in [-0.15, -0.1) is 0 Å². The maximum atomic E-state index is 5.91. The molecule has 0 spiro atoms. The van der Waals surface area contributed by atoms with Crippen LogP contribution in [0.5, 0.6) is 0 Å². The number of rotatable bonds is 2. The third-order valence-corrected chi connectivity index (χ3v) is 3.31. The lowest BCUT2D eigenvalue weighted by Gasteiger charge is -2.14. The summed E-state index contributed by atoms with van der Waals surface area (Å²) in [5.74, 6) is 0. The number of hydrogen-bond donors (Lipinski definition) is 2. The van der Waals surface area contributed by atoms with E-state index in [1.165, 1.54) is 0 Å². The molecule has 1 heterocycles. The van der Waals surface area contributed by atoms with Crippen LogP contribution in [0.25, 0.3) is 11.0 Å². The average molecular weight is 228 g/mol. The van der Waals surface area contributed by atoms with Crippen molar-refractivity contribution in [1.29, 1.82) is 0 Å². The molecule has 88 valence electrons. The highest BCUT2D eigenvalue weighted by Crippen LogP contribution is 2.23. The van der Waals surface area contributed by atoms with Gasteiger partial charge in [-0.05, 0) is 37.5 Å². The SMILES string of the molecule is NC1CCC(Nc2ccc3nccnc3c2)C1. The van der Waals surface area contributed by atoms with Crippen LogP contribution in [0, 0.1) is 0 Å². The van der Waals surface area contributed by atoms with Crippen molar-refractivity contribution in [3.63, 3.8) is 0 Å². The molecule has 3 N–H and O–H groups in total. The Labute approximate surface area is 100 Å². The molecule has 4 nitrogen and oxygen atoms in total. The molecule has 1 fully saturated rings. The zero-order valence-corrected chi connectivity index (χ0v) is 9.63. The normalized spacial score (nSPS) is 24.1. The molecule has 1 aliphatic carbocycles. The molecule has 1 aromatic carbocycles. The molecule has 0 bridgehead atoms. The maximum Gasteiger partial charge on any atom is 0.0907 e. The van der Waals surface area contributed by atoms with Gasteiger partial charge in [0.25, 0.3) is 0 Å². The molecule has 1 aromatic heterocycles. The van der Waals surface area contributed by atoms with Gasteiger partial charge in [0.05, 0.1) is 11.0 Å². The summed E-state index contributed by atoms with van der Waals surface area (Å²) in [4.78, 5) is 8.56. The number of aromatic nitrogens is 2. The van der Waals surface area contributed by atoms with Crippen LogP contribution in [0.4, 0.5) is 5.69 Å². The first-order chi connectivity index (χ1) is 8.31. The maximum absolute atomic E-state index is 5.91. The van der Waals surface area contributed by atoms with Crippen molar-refractivity contribution in [3.8, 4) is 0 Å². The van der Waals surface area contributed by atoms with Gasteiger partial charge in [0.2, 0.25) is 0 Å². The Bertz CT molecular complexity index is 526. The number of nitrogens with zero attached hydrogens (tertiary/aromatic N) is 2. The fourth-order valence-electron chi connectivity index (χ4n) is 2.44. The molecule has 17 heavy (non-hydrogen) atoms. The second-order valence-electron chi connectivity index (χ2n) is 4.67. The van der Waals surface area contributed by atoms with Crippen molar-refractivity contribution in [2.45, 2.75) is 31.3 Å². The fourth-order valence-corrected chi connectivity index (χ4v) is 2.44. The summed E-state index contributed by atoms with van der Waals surface area (Å²) < 4.78 is 0. The lowest BCUT2D eigenvalue weighted by molar-refractivity contribution is 0.688. The van der Waals surface area contributed by atoms with Crippen LogP contribution >= 0.6 is 0 Å². The zero-order chi connectivity index (χ0) is 11.7. The molecule has 0 aliphatic heterocycles. The van der Waals surface area contributed by atoms with E-state index in [1.807, 2.05) is 12.1 Å². The average Bonchev–Trinajstić information content (AvgIpc) is 2.75. The van der Waals surface area contributed by atoms with Gasteiger partial charge < -0.3 is 11.1 Å². The van der Waals surface area contributed by atoms with E-state index in [1.54, 1.807) is 12.4 Å². The number of nitrogens with two attached hydrogens (primary N) is 1. The van der Waals surface area contributed by atoms with Crippen molar-refractivity contribution < 1.29 is 0 Å². The van der Waals surface area contributed by atoms with Crippen LogP contribution in [-0.4, -0.2) is 22.1 Å². The van der Waals surface area contributed by atoms with E-state index in [4.69, 9.17) is 5.73 Å². The van der Waals surface area contributed by atoms with Gasteiger partial charge in [-0.1, -0.05) is 0 Å². The quantitative estimate of drug-likeness (QED) is 0.824. The van der Waals surface area contributed by atoms with Crippen LogP contribution in [0.15, 0.2) is 30.6 Å². The minimum atomic E-state index is 0.354. The molecule has 2 unspecified atom stereocenters. The summed E-state index contributed by atoms with van der Waals surface area (Å²) >= 11 is 0. The Kier molecular flexibility index (Phi) is 2.65. The lowest BCUT2D eigenvalue weighted by Crippen LogP contribution is -2.20. The van der Waals surface area contributed by atoms with Gasteiger partial charge >= 0.3 is 0 Å². The molecular weight excluding hydrogens is 212 g/mol. The second kappa shape index (κ2) is 4.30. The van der Waals surface area contributed by atoms with E-state index in [-0.39, 0.29) is 0 Å². The fraction of sp³-hybridized carbons (Fsp3) is 0.385. The Morgan fingerprint density at radius 1 is 1.12 bits per heavy atom. The number of anilines is 1. The van der Waals surface area contributed by atoms with E-state index in [0.717, 1.165) is 36.0 Å². The monoisotopic (exact) mass is 228 g/mol. The highest BCUT2D eigenvalue weighted by molar-refractivity contribution is 5.78. The van der Waals surface area contributed by atoms with Crippen molar-refractivity contribution in [3.05, 3.63) is 30.6 Å². The summed E-state index contributed by atoms with van der Waals surface area (Å²) in [7, 11) is 0. The number of fused-ring (bicyclic) bond motifs is 1. The molecule has 1 aliphatic rings. The highest BCUT2D eigenvalue weighted by atomic mass is 14.9. The van der Waals surface area contributed by atoms with Crippen molar-refractivity contribution in [2.24, 2.45) is 5.73 Å². The predicted molar refractivity (Wildman–Crippen MR) is 68.8 cm³/mol. The van der Waals surface area contributed by atoms with E-state index in [2.05, 4.69) is 21.4 Å². The molecule has 2 atom stereocenters. The standard InChI is InChI=1S/C13H16N4/c14-9-1-2-10(7-9)17-11-3-4-12-13(8-11)16-6-5-15-12/h3-6,8-10,17H,1-2,7,14H2. The number of benzene rings is 1. The smallest absolute Gasteiger partial charge is 0.0907 e. The van der Waals surface area contributed by atoms with Crippen LogP contribution < -0.4 is 11.1 Å². The molecular formula is C13H16N4. The van der Waals surface area contributed by atoms with Crippen LogP contribution in [0.2, 0.25) is 0 Å². The Morgan fingerprint density at radius 2 is 1.94 bits per heavy atom. The van der Waals surface area contributed by atoms with Crippen LogP contribution in [0.1, 0.15) is 19.3 Å². The molecule has 4 heteroatoms. The molecule has 0 amide bonds. The van der Waals surface area contributed by atoms with E-state index < -0.39 is 0 Å². The third-order valence-electron chi connectivity index (χ3n) is 3.31. The third kappa shape index (κ3) is 2.22. The molecule has 2 aromatic rings. The van der Waals surface area contributed by atoms with Gasteiger partial charge in [0.1, 0.15) is 0 Å². The topological polar surface area (TPSA) is 63.8 Å². The lowest BCUT2D eigenvalue weighted by atomic mass is 10.2. The van der Waals surface area contributed by atoms with Gasteiger partial charge in [-0.25, -0.2) is 0 Å². The van der Waals surface area contributed by atoms with Gasteiger partial charge in [-0.2, -0.15) is 0 Å². The first-order valence-electron chi connectivity index (χ1n) is 6.04. The summed E-state index contributed by atoms with van der Waals surface area (Å²) in [6.45, 7) is 0. The van der Waals surface area contributed by atoms with Gasteiger partial charge in [-0.3, -0.25) is 9.97 Å². The number of nitrogens with one attached hydrogen (secondary N) is 1. The highest BCUT2D eigenvalue weighted by Gasteiger charge is 2.21. The van der Waals surface area contributed by atoms with Crippen molar-refractivity contribution >= 4 is 16.7 Å². The number of hydrogen-bond acceptors (Lipinski definition) is 4. The summed E-state index contributed by atoms with van der Waals surface area (Å²) in [6.07, 6.45) is 6.76. The van der Waals surface area contributed by atoms with E-state index in [9.17, 15) is 0 Å². The Balaban J connectivity index is 1.81. The predicted octanol–water partition coefficient (Wildman–Crippen LogP) is 1.92. The minimum Gasteiger partial charge on any atom is -0.382 e. The van der Waals surface area contributed by atoms with E-state index >= 15 is 0 Å². The largest absolute Gasteiger partial charge is 0.382 e. The summed E-state index contributed by atoms with van der Waals surface area (Å²) in [6, 6.07) is 6.96. The molecule has 0 radical (unpaired) electrons. The van der Waals surface area contributed by atoms with Gasteiger partial charge in [0, 0.05) is 30.2 Å². The molecule has 3 rings (SSSR count).